The summed E-state index contributed by atoms with van der Waals surface area (Å²) in [5.74, 6) is 1.83. The van der Waals surface area contributed by atoms with Gasteiger partial charge in [0.05, 0.1) is 0 Å². The molecular weight excluding hydrogens is 120 g/mol. The van der Waals surface area contributed by atoms with E-state index in [4.69, 9.17) is 0 Å². The number of hydrogen-bond acceptors (Lipinski definition) is 0. The van der Waals surface area contributed by atoms with Gasteiger partial charge in [0.25, 0.3) is 0 Å². The minimum atomic E-state index is 0.917. The Labute approximate surface area is 65.3 Å². The van der Waals surface area contributed by atoms with E-state index in [1.54, 1.807) is 0 Å². The van der Waals surface area contributed by atoms with Crippen LogP contribution in [0.3, 0.4) is 0 Å². The van der Waals surface area contributed by atoms with Crippen molar-refractivity contribution in [3.05, 3.63) is 12.2 Å². The highest BCUT2D eigenvalue weighted by Crippen LogP contribution is 2.23. The van der Waals surface area contributed by atoms with E-state index in [-0.39, 0.29) is 0 Å². The molecule has 1 rings (SSSR count). The predicted octanol–water partition coefficient (Wildman–Crippen LogP) is 3.63. The van der Waals surface area contributed by atoms with Gasteiger partial charge in [0, 0.05) is 0 Å². The fourth-order valence-corrected chi connectivity index (χ4v) is 1.09. The number of allylic oxidation sites excluding steroid dienone is 2. The minimum Gasteiger partial charge on any atom is -0.0883 e. The van der Waals surface area contributed by atoms with Gasteiger partial charge in [-0.2, -0.15) is 0 Å². The maximum Gasteiger partial charge on any atom is -0.0322 e. The quantitative estimate of drug-likeness (QED) is 0.451. The van der Waals surface area contributed by atoms with Crippen molar-refractivity contribution in [2.24, 2.45) is 11.8 Å². The van der Waals surface area contributed by atoms with Crippen LogP contribution in [0.1, 0.15) is 40.5 Å². The average Bonchev–Trinajstić information content (AvgIpc) is 2.00. The molecule has 60 valence electrons. The smallest absolute Gasteiger partial charge is 0.0322 e. The van der Waals surface area contributed by atoms with E-state index in [2.05, 4.69) is 26.0 Å². The molecule has 0 aromatic rings. The van der Waals surface area contributed by atoms with Gasteiger partial charge in [-0.25, -0.2) is 0 Å². The largest absolute Gasteiger partial charge is 0.0883 e. The zero-order valence-corrected chi connectivity index (χ0v) is 7.72. The molecule has 0 aliphatic heterocycles. The first kappa shape index (κ1) is 9.74. The molecule has 0 fully saturated rings. The van der Waals surface area contributed by atoms with Gasteiger partial charge in [0.2, 0.25) is 0 Å². The van der Waals surface area contributed by atoms with E-state index < -0.39 is 0 Å². The summed E-state index contributed by atoms with van der Waals surface area (Å²) < 4.78 is 0. The lowest BCUT2D eigenvalue weighted by molar-refractivity contribution is 0.380. The average molecular weight is 140 g/mol. The van der Waals surface area contributed by atoms with Gasteiger partial charge in [-0.1, -0.05) is 39.8 Å². The molecule has 0 heterocycles. The summed E-state index contributed by atoms with van der Waals surface area (Å²) in [7, 11) is 0. The fourth-order valence-electron chi connectivity index (χ4n) is 1.09. The zero-order chi connectivity index (χ0) is 7.98. The van der Waals surface area contributed by atoms with Crippen LogP contribution in [0, 0.1) is 11.8 Å². The van der Waals surface area contributed by atoms with E-state index in [1.165, 1.54) is 12.8 Å². The van der Waals surface area contributed by atoms with E-state index in [0.29, 0.717) is 0 Å². The fraction of sp³-hybridized carbons (Fsp3) is 0.800. The first-order valence-electron chi connectivity index (χ1n) is 4.45. The van der Waals surface area contributed by atoms with Gasteiger partial charge < -0.3 is 0 Å². The Morgan fingerprint density at radius 3 is 1.40 bits per heavy atom. The summed E-state index contributed by atoms with van der Waals surface area (Å²) in [6, 6.07) is 0. The lowest BCUT2D eigenvalue weighted by Crippen LogP contribution is -2.08. The molecule has 0 N–H and O–H groups in total. The summed E-state index contributed by atoms with van der Waals surface area (Å²) in [5, 5.41) is 0. The SMILES string of the molecule is CC.CC1CC=CC[C@@H]1C. The van der Waals surface area contributed by atoms with Gasteiger partial charge in [0.1, 0.15) is 0 Å². The summed E-state index contributed by atoms with van der Waals surface area (Å²) >= 11 is 0. The standard InChI is InChI=1S/C8H14.C2H6/c1-7-5-3-4-6-8(7)2;1-2/h3-4,7-8H,5-6H2,1-2H3;1-2H3/t7-,8?;/m0./s1. The van der Waals surface area contributed by atoms with Gasteiger partial charge in [-0.05, 0) is 24.7 Å². The van der Waals surface area contributed by atoms with Crippen molar-refractivity contribution in [1.82, 2.24) is 0 Å². The van der Waals surface area contributed by atoms with Crippen LogP contribution in [0.25, 0.3) is 0 Å². The summed E-state index contributed by atoms with van der Waals surface area (Å²) in [4.78, 5) is 0. The number of rotatable bonds is 0. The van der Waals surface area contributed by atoms with Crippen molar-refractivity contribution in [2.75, 3.05) is 0 Å². The second-order valence-electron chi connectivity index (χ2n) is 2.90. The molecule has 0 spiro atoms. The Morgan fingerprint density at radius 2 is 1.20 bits per heavy atom. The Bertz CT molecular complexity index is 80.2. The van der Waals surface area contributed by atoms with Gasteiger partial charge in [-0.15, -0.1) is 0 Å². The molecule has 0 heteroatoms. The van der Waals surface area contributed by atoms with E-state index in [0.717, 1.165) is 11.8 Å². The highest BCUT2D eigenvalue weighted by Gasteiger charge is 2.11. The molecule has 0 bridgehead atoms. The third-order valence-electron chi connectivity index (χ3n) is 2.15. The number of hydrogen-bond donors (Lipinski definition) is 0. The molecule has 0 saturated carbocycles. The lowest BCUT2D eigenvalue weighted by atomic mass is 9.86. The van der Waals surface area contributed by atoms with Gasteiger partial charge in [-0.3, -0.25) is 0 Å². The second-order valence-corrected chi connectivity index (χ2v) is 2.90. The molecule has 1 aliphatic carbocycles. The topological polar surface area (TPSA) is 0 Å². The third-order valence-corrected chi connectivity index (χ3v) is 2.15. The van der Waals surface area contributed by atoms with Crippen molar-refractivity contribution in [3.8, 4) is 0 Å². The Kier molecular flexibility index (Phi) is 5.38. The normalized spacial score (nSPS) is 30.8. The molecule has 10 heavy (non-hydrogen) atoms. The van der Waals surface area contributed by atoms with Crippen molar-refractivity contribution in [2.45, 2.75) is 40.5 Å². The van der Waals surface area contributed by atoms with E-state index in [9.17, 15) is 0 Å². The predicted molar refractivity (Wildman–Crippen MR) is 48.1 cm³/mol. The second kappa shape index (κ2) is 5.52. The maximum atomic E-state index is 2.33. The lowest BCUT2D eigenvalue weighted by Gasteiger charge is -2.19. The van der Waals surface area contributed by atoms with E-state index >= 15 is 0 Å². The Balaban J connectivity index is 0.000000371. The van der Waals surface area contributed by atoms with Crippen LogP contribution in [0.4, 0.5) is 0 Å². The van der Waals surface area contributed by atoms with Crippen LogP contribution >= 0.6 is 0 Å². The third kappa shape index (κ3) is 3.05. The Morgan fingerprint density at radius 1 is 0.900 bits per heavy atom. The highest BCUT2D eigenvalue weighted by molar-refractivity contribution is 4.91. The van der Waals surface area contributed by atoms with Crippen molar-refractivity contribution < 1.29 is 0 Å². The summed E-state index contributed by atoms with van der Waals surface area (Å²) in [5.41, 5.74) is 0. The molecule has 0 aromatic carbocycles. The molecule has 0 amide bonds. The minimum absolute atomic E-state index is 0.917. The molecule has 0 aromatic heterocycles. The van der Waals surface area contributed by atoms with Crippen LogP contribution < -0.4 is 0 Å². The Hall–Kier alpha value is -0.260. The molecule has 2 atom stereocenters. The maximum absolute atomic E-state index is 2.33. The van der Waals surface area contributed by atoms with Crippen molar-refractivity contribution in [1.29, 1.82) is 0 Å². The monoisotopic (exact) mass is 140 g/mol. The molecular formula is C10H20. The summed E-state index contributed by atoms with van der Waals surface area (Å²) in [6.45, 7) is 8.66. The van der Waals surface area contributed by atoms with Crippen LogP contribution in [0.5, 0.6) is 0 Å². The van der Waals surface area contributed by atoms with Crippen LogP contribution in [-0.4, -0.2) is 0 Å². The molecule has 0 saturated heterocycles. The van der Waals surface area contributed by atoms with Crippen LogP contribution in [-0.2, 0) is 0 Å². The zero-order valence-electron chi connectivity index (χ0n) is 7.72. The van der Waals surface area contributed by atoms with Gasteiger partial charge >= 0.3 is 0 Å². The first-order chi connectivity index (χ1) is 4.80. The molecule has 1 aliphatic rings. The highest BCUT2D eigenvalue weighted by atomic mass is 14.2. The van der Waals surface area contributed by atoms with E-state index in [1.807, 2.05) is 13.8 Å². The van der Waals surface area contributed by atoms with Crippen molar-refractivity contribution in [3.63, 3.8) is 0 Å². The first-order valence-corrected chi connectivity index (χ1v) is 4.45. The van der Waals surface area contributed by atoms with Crippen molar-refractivity contribution >= 4 is 0 Å². The molecule has 1 unspecified atom stereocenters. The van der Waals surface area contributed by atoms with Crippen LogP contribution in [0.15, 0.2) is 12.2 Å². The van der Waals surface area contributed by atoms with Crippen LogP contribution in [0.2, 0.25) is 0 Å². The summed E-state index contributed by atoms with van der Waals surface area (Å²) in [6.07, 6.45) is 7.18. The molecule has 0 nitrogen and oxygen atoms in total. The van der Waals surface area contributed by atoms with Gasteiger partial charge in [0.15, 0.2) is 0 Å². The molecule has 0 radical (unpaired) electrons.